The number of nitrogens with zero attached hydrogens (tertiary/aromatic N) is 1. The fraction of sp³-hybridized carbons (Fsp3) is 0.107. The highest BCUT2D eigenvalue weighted by Gasteiger charge is 2.34. The van der Waals surface area contributed by atoms with E-state index in [1.54, 1.807) is 30.3 Å². The van der Waals surface area contributed by atoms with Crippen molar-refractivity contribution in [3.63, 3.8) is 0 Å². The van der Waals surface area contributed by atoms with E-state index < -0.39 is 11.8 Å². The van der Waals surface area contributed by atoms with Crippen molar-refractivity contribution in [1.29, 1.82) is 0 Å². The van der Waals surface area contributed by atoms with Gasteiger partial charge in [0.2, 0.25) is 0 Å². The summed E-state index contributed by atoms with van der Waals surface area (Å²) in [5.74, 6) is 0.569. The molecule has 3 aromatic carbocycles. The molecule has 5 nitrogen and oxygen atoms in total. The average molecular weight is 469 g/mol. The van der Waals surface area contributed by atoms with Crippen molar-refractivity contribution < 1.29 is 14.3 Å². The van der Waals surface area contributed by atoms with Crippen molar-refractivity contribution in [2.45, 2.75) is 13.8 Å². The first-order chi connectivity index (χ1) is 16.4. The van der Waals surface area contributed by atoms with E-state index in [-0.39, 0.29) is 16.6 Å². The lowest BCUT2D eigenvalue weighted by molar-refractivity contribution is -0.122. The molecule has 1 aliphatic rings. The van der Waals surface area contributed by atoms with Crippen molar-refractivity contribution in [3.8, 4) is 11.5 Å². The Bertz CT molecular complexity index is 1260. The van der Waals surface area contributed by atoms with Gasteiger partial charge in [0.1, 0.15) is 17.1 Å². The third-order valence-corrected chi connectivity index (χ3v) is 5.38. The number of carbonyl (C=O) groups excluding carboxylic acids is 2. The molecule has 170 valence electrons. The van der Waals surface area contributed by atoms with Crippen LogP contribution in [0, 0.1) is 5.92 Å². The van der Waals surface area contributed by atoms with E-state index in [0.717, 1.165) is 11.1 Å². The van der Waals surface area contributed by atoms with Gasteiger partial charge in [0.15, 0.2) is 5.11 Å². The van der Waals surface area contributed by atoms with Gasteiger partial charge in [-0.1, -0.05) is 68.5 Å². The van der Waals surface area contributed by atoms with Crippen LogP contribution in [0.4, 0.5) is 5.69 Å². The Kier molecular flexibility index (Phi) is 6.99. The van der Waals surface area contributed by atoms with E-state index >= 15 is 0 Å². The molecule has 0 aliphatic carbocycles. The van der Waals surface area contributed by atoms with Crippen molar-refractivity contribution in [2.24, 2.45) is 5.92 Å². The summed E-state index contributed by atoms with van der Waals surface area (Å²) in [4.78, 5) is 27.5. The number of nitrogens with one attached hydrogen (secondary N) is 1. The van der Waals surface area contributed by atoms with Crippen LogP contribution in [0.25, 0.3) is 5.57 Å². The molecule has 4 rings (SSSR count). The van der Waals surface area contributed by atoms with Crippen molar-refractivity contribution in [3.05, 3.63) is 108 Å². The van der Waals surface area contributed by atoms with Gasteiger partial charge in [0.05, 0.1) is 5.69 Å². The molecule has 1 aliphatic heterocycles. The number of anilines is 1. The summed E-state index contributed by atoms with van der Waals surface area (Å²) in [6.45, 7) is 4.09. The number of para-hydroxylation sites is 1. The number of thiocarbonyl (C=S) groups is 1. The highest BCUT2D eigenvalue weighted by atomic mass is 32.1. The van der Waals surface area contributed by atoms with Gasteiger partial charge in [-0.05, 0) is 71.7 Å². The molecule has 2 amide bonds. The topological polar surface area (TPSA) is 58.6 Å². The lowest BCUT2D eigenvalue weighted by atomic mass is 9.98. The second-order valence-corrected chi connectivity index (χ2v) is 8.49. The minimum absolute atomic E-state index is 0.0222. The van der Waals surface area contributed by atoms with Crippen molar-refractivity contribution in [1.82, 2.24) is 5.32 Å². The predicted octanol–water partition coefficient (Wildman–Crippen LogP) is 5.89. The Labute approximate surface area is 204 Å². The SMILES string of the molecule is CC(C)C=C(C=C1C(=O)NC(=S)N(c2ccc(Oc3ccccc3)cc2)C1=O)c1ccccc1. The molecule has 0 unspecified atom stereocenters. The fourth-order valence-electron chi connectivity index (χ4n) is 3.55. The molecule has 6 heteroatoms. The number of hydrogen-bond acceptors (Lipinski definition) is 4. The predicted molar refractivity (Wildman–Crippen MR) is 139 cm³/mol. The molecule has 0 spiro atoms. The monoisotopic (exact) mass is 468 g/mol. The minimum atomic E-state index is -0.513. The van der Waals surface area contributed by atoms with Gasteiger partial charge < -0.3 is 4.74 Å². The summed E-state index contributed by atoms with van der Waals surface area (Å²) in [6.07, 6.45) is 3.66. The normalized spacial score (nSPS) is 15.6. The van der Waals surface area contributed by atoms with Gasteiger partial charge in [0, 0.05) is 0 Å². The molecular formula is C28H24N2O3S. The summed E-state index contributed by atoms with van der Waals surface area (Å²) in [6, 6.07) is 26.1. The average Bonchev–Trinajstić information content (AvgIpc) is 2.83. The van der Waals surface area contributed by atoms with Gasteiger partial charge in [-0.25, -0.2) is 0 Å². The van der Waals surface area contributed by atoms with Crippen LogP contribution in [0.3, 0.4) is 0 Å². The quantitative estimate of drug-likeness (QED) is 0.278. The summed E-state index contributed by atoms with van der Waals surface area (Å²) in [5.41, 5.74) is 2.28. The molecular weight excluding hydrogens is 444 g/mol. The van der Waals surface area contributed by atoms with Crippen LogP contribution in [-0.2, 0) is 9.59 Å². The van der Waals surface area contributed by atoms with E-state index in [1.165, 1.54) is 4.90 Å². The molecule has 34 heavy (non-hydrogen) atoms. The number of ether oxygens (including phenoxy) is 1. The molecule has 1 saturated heterocycles. The van der Waals surface area contributed by atoms with E-state index in [2.05, 4.69) is 5.32 Å². The van der Waals surface area contributed by atoms with Crippen LogP contribution >= 0.6 is 12.2 Å². The van der Waals surface area contributed by atoms with E-state index in [0.29, 0.717) is 17.2 Å². The number of carbonyl (C=O) groups is 2. The zero-order chi connectivity index (χ0) is 24.1. The Morgan fingerprint density at radius 3 is 2.09 bits per heavy atom. The summed E-state index contributed by atoms with van der Waals surface area (Å²) < 4.78 is 5.83. The summed E-state index contributed by atoms with van der Waals surface area (Å²) >= 11 is 5.33. The van der Waals surface area contributed by atoms with Gasteiger partial charge in [0.25, 0.3) is 11.8 Å². The Hall–Kier alpha value is -4.03. The largest absolute Gasteiger partial charge is 0.457 e. The second kappa shape index (κ2) is 10.3. The third-order valence-electron chi connectivity index (χ3n) is 5.10. The molecule has 0 bridgehead atoms. The first kappa shape index (κ1) is 23.1. The Morgan fingerprint density at radius 1 is 0.882 bits per heavy atom. The first-order valence-corrected chi connectivity index (χ1v) is 11.3. The number of allylic oxidation sites excluding steroid dienone is 3. The van der Waals surface area contributed by atoms with Crippen molar-refractivity contribution in [2.75, 3.05) is 4.90 Å². The minimum Gasteiger partial charge on any atom is -0.457 e. The Morgan fingerprint density at radius 2 is 1.47 bits per heavy atom. The maximum absolute atomic E-state index is 13.4. The van der Waals surface area contributed by atoms with Crippen LogP contribution in [0.2, 0.25) is 0 Å². The first-order valence-electron chi connectivity index (χ1n) is 10.9. The number of benzene rings is 3. The molecule has 1 heterocycles. The standard InChI is InChI=1S/C28H24N2O3S/c1-19(2)17-21(20-9-5-3-6-10-20)18-25-26(31)29-28(34)30(27(25)32)22-13-15-24(16-14-22)33-23-11-7-4-8-12-23/h3-19H,1-2H3,(H,29,31,34). The second-order valence-electron chi connectivity index (χ2n) is 8.10. The van der Waals surface area contributed by atoms with Crippen LogP contribution in [0.15, 0.2) is 103 Å². The molecule has 1 fully saturated rings. The molecule has 0 saturated carbocycles. The van der Waals surface area contributed by atoms with Crippen LogP contribution in [-0.4, -0.2) is 16.9 Å². The molecule has 0 aromatic heterocycles. The van der Waals surface area contributed by atoms with E-state index in [4.69, 9.17) is 17.0 Å². The molecule has 3 aromatic rings. The van der Waals surface area contributed by atoms with Crippen LogP contribution < -0.4 is 15.0 Å². The van der Waals surface area contributed by atoms with Gasteiger partial charge >= 0.3 is 0 Å². The van der Waals surface area contributed by atoms with Gasteiger partial charge in [-0.15, -0.1) is 0 Å². The maximum Gasteiger partial charge on any atom is 0.270 e. The molecule has 0 radical (unpaired) electrons. The van der Waals surface area contributed by atoms with Gasteiger partial charge in [-0.2, -0.15) is 0 Å². The smallest absolute Gasteiger partial charge is 0.270 e. The highest BCUT2D eigenvalue weighted by Crippen LogP contribution is 2.28. The number of hydrogen-bond donors (Lipinski definition) is 1. The zero-order valence-corrected chi connectivity index (χ0v) is 19.7. The van der Waals surface area contributed by atoms with E-state index in [9.17, 15) is 9.59 Å². The Balaban J connectivity index is 1.64. The van der Waals surface area contributed by atoms with E-state index in [1.807, 2.05) is 80.6 Å². The number of amides is 2. The third kappa shape index (κ3) is 5.30. The molecule has 0 atom stereocenters. The highest BCUT2D eigenvalue weighted by molar-refractivity contribution is 7.80. The molecule has 1 N–H and O–H groups in total. The van der Waals surface area contributed by atoms with Gasteiger partial charge in [-0.3, -0.25) is 19.8 Å². The maximum atomic E-state index is 13.4. The zero-order valence-electron chi connectivity index (χ0n) is 18.9. The summed E-state index contributed by atoms with van der Waals surface area (Å²) in [7, 11) is 0. The van der Waals surface area contributed by atoms with Crippen LogP contribution in [0.5, 0.6) is 11.5 Å². The fourth-order valence-corrected chi connectivity index (χ4v) is 3.83. The lowest BCUT2D eigenvalue weighted by Crippen LogP contribution is -2.54. The van der Waals surface area contributed by atoms with Crippen LogP contribution in [0.1, 0.15) is 19.4 Å². The van der Waals surface area contributed by atoms with Crippen molar-refractivity contribution >= 4 is 40.4 Å². The number of rotatable bonds is 6. The summed E-state index contributed by atoms with van der Waals surface area (Å²) in [5, 5.41) is 2.68. The lowest BCUT2D eigenvalue weighted by Gasteiger charge is -2.29.